The first kappa shape index (κ1) is 12.0. The quantitative estimate of drug-likeness (QED) is 0.732. The standard InChI is InChI=1S/C11H23NO2/c1-9(2)14-8-10(12-3)11-6-4-5-7-13-11/h9-12H,4-8H2,1-3H3. The Hall–Kier alpha value is -0.120. The van der Waals surface area contributed by atoms with Crippen LogP contribution in [-0.4, -0.2) is 38.5 Å². The summed E-state index contributed by atoms with van der Waals surface area (Å²) in [6, 6.07) is 0.345. The topological polar surface area (TPSA) is 30.5 Å². The molecule has 3 nitrogen and oxygen atoms in total. The molecule has 0 bridgehead atoms. The van der Waals surface area contributed by atoms with E-state index in [1.807, 2.05) is 7.05 Å². The van der Waals surface area contributed by atoms with E-state index in [1.165, 1.54) is 12.8 Å². The van der Waals surface area contributed by atoms with Gasteiger partial charge in [0.25, 0.3) is 0 Å². The maximum Gasteiger partial charge on any atom is 0.0750 e. The van der Waals surface area contributed by atoms with Crippen LogP contribution in [0.15, 0.2) is 0 Å². The van der Waals surface area contributed by atoms with Gasteiger partial charge in [-0.15, -0.1) is 0 Å². The average Bonchev–Trinajstić information content (AvgIpc) is 2.20. The highest BCUT2D eigenvalue weighted by atomic mass is 16.5. The van der Waals surface area contributed by atoms with Gasteiger partial charge in [0.2, 0.25) is 0 Å². The third kappa shape index (κ3) is 3.95. The third-order valence-electron chi connectivity index (χ3n) is 2.64. The second kappa shape index (κ2) is 6.38. The summed E-state index contributed by atoms with van der Waals surface area (Å²) in [7, 11) is 1.98. The SMILES string of the molecule is CNC(COC(C)C)C1CCCCO1. The molecular formula is C11H23NO2. The summed E-state index contributed by atoms with van der Waals surface area (Å²) in [6.07, 6.45) is 4.29. The van der Waals surface area contributed by atoms with Gasteiger partial charge >= 0.3 is 0 Å². The van der Waals surface area contributed by atoms with Crippen molar-refractivity contribution in [2.75, 3.05) is 20.3 Å². The molecule has 0 amide bonds. The van der Waals surface area contributed by atoms with Gasteiger partial charge < -0.3 is 14.8 Å². The fraction of sp³-hybridized carbons (Fsp3) is 1.00. The van der Waals surface area contributed by atoms with E-state index >= 15 is 0 Å². The molecule has 1 saturated heterocycles. The van der Waals surface area contributed by atoms with Crippen molar-refractivity contribution in [2.45, 2.75) is 51.4 Å². The van der Waals surface area contributed by atoms with Crippen LogP contribution in [0.5, 0.6) is 0 Å². The molecule has 3 heteroatoms. The highest BCUT2D eigenvalue weighted by Gasteiger charge is 2.23. The van der Waals surface area contributed by atoms with E-state index in [4.69, 9.17) is 9.47 Å². The smallest absolute Gasteiger partial charge is 0.0750 e. The van der Waals surface area contributed by atoms with Crippen LogP contribution in [0, 0.1) is 0 Å². The first-order valence-electron chi connectivity index (χ1n) is 5.64. The number of hydrogen-bond donors (Lipinski definition) is 1. The van der Waals surface area contributed by atoms with Gasteiger partial charge in [-0.1, -0.05) is 0 Å². The molecule has 1 rings (SSSR count). The first-order chi connectivity index (χ1) is 6.74. The lowest BCUT2D eigenvalue weighted by atomic mass is 10.0. The molecule has 0 spiro atoms. The van der Waals surface area contributed by atoms with Crippen molar-refractivity contribution in [1.82, 2.24) is 5.32 Å². The van der Waals surface area contributed by atoms with Crippen LogP contribution in [0.4, 0.5) is 0 Å². The molecular weight excluding hydrogens is 178 g/mol. The summed E-state index contributed by atoms with van der Waals surface area (Å²) in [4.78, 5) is 0. The molecule has 84 valence electrons. The van der Waals surface area contributed by atoms with E-state index in [0.29, 0.717) is 18.2 Å². The Kier molecular flexibility index (Phi) is 5.45. The minimum atomic E-state index is 0.300. The zero-order chi connectivity index (χ0) is 10.4. The molecule has 0 saturated carbocycles. The predicted octanol–water partition coefficient (Wildman–Crippen LogP) is 1.57. The van der Waals surface area contributed by atoms with Crippen LogP contribution in [0.25, 0.3) is 0 Å². The van der Waals surface area contributed by atoms with Crippen molar-refractivity contribution < 1.29 is 9.47 Å². The van der Waals surface area contributed by atoms with Crippen LogP contribution < -0.4 is 5.32 Å². The van der Waals surface area contributed by atoms with Crippen molar-refractivity contribution in [3.63, 3.8) is 0 Å². The van der Waals surface area contributed by atoms with Gasteiger partial charge in [0, 0.05) is 6.61 Å². The van der Waals surface area contributed by atoms with E-state index < -0.39 is 0 Å². The van der Waals surface area contributed by atoms with Gasteiger partial charge in [0.1, 0.15) is 0 Å². The zero-order valence-electron chi connectivity index (χ0n) is 9.58. The molecule has 0 radical (unpaired) electrons. The average molecular weight is 201 g/mol. The summed E-state index contributed by atoms with van der Waals surface area (Å²) >= 11 is 0. The second-order valence-corrected chi connectivity index (χ2v) is 4.18. The Morgan fingerprint density at radius 2 is 2.21 bits per heavy atom. The van der Waals surface area contributed by atoms with Crippen molar-refractivity contribution >= 4 is 0 Å². The Morgan fingerprint density at radius 3 is 2.71 bits per heavy atom. The molecule has 0 aromatic rings. The van der Waals surface area contributed by atoms with Gasteiger partial charge in [0.05, 0.1) is 24.9 Å². The highest BCUT2D eigenvalue weighted by molar-refractivity contribution is 4.78. The largest absolute Gasteiger partial charge is 0.377 e. The Bertz CT molecular complexity index is 144. The summed E-state index contributed by atoms with van der Waals surface area (Å²) in [5.41, 5.74) is 0. The summed E-state index contributed by atoms with van der Waals surface area (Å²) in [6.45, 7) is 5.78. The fourth-order valence-corrected chi connectivity index (χ4v) is 1.76. The molecule has 0 aromatic carbocycles. The number of nitrogens with one attached hydrogen (secondary N) is 1. The normalized spacial score (nSPS) is 25.3. The lowest BCUT2D eigenvalue weighted by Crippen LogP contribution is -2.44. The molecule has 0 aliphatic carbocycles. The number of likely N-dealkylation sites (N-methyl/N-ethyl adjacent to an activating group) is 1. The lowest BCUT2D eigenvalue weighted by molar-refractivity contribution is -0.0375. The van der Waals surface area contributed by atoms with Crippen LogP contribution >= 0.6 is 0 Å². The molecule has 2 atom stereocenters. The van der Waals surface area contributed by atoms with Crippen LogP contribution in [0.1, 0.15) is 33.1 Å². The Balaban J connectivity index is 2.28. The third-order valence-corrected chi connectivity index (χ3v) is 2.64. The number of ether oxygens (including phenoxy) is 2. The second-order valence-electron chi connectivity index (χ2n) is 4.18. The van der Waals surface area contributed by atoms with Gasteiger partial charge in [-0.25, -0.2) is 0 Å². The Labute approximate surface area is 87.2 Å². The van der Waals surface area contributed by atoms with Crippen molar-refractivity contribution in [3.05, 3.63) is 0 Å². The van der Waals surface area contributed by atoms with Crippen molar-refractivity contribution in [3.8, 4) is 0 Å². The molecule has 1 N–H and O–H groups in total. The summed E-state index contributed by atoms with van der Waals surface area (Å²) < 4.78 is 11.3. The molecule has 1 fully saturated rings. The highest BCUT2D eigenvalue weighted by Crippen LogP contribution is 2.16. The van der Waals surface area contributed by atoms with E-state index in [-0.39, 0.29) is 0 Å². The van der Waals surface area contributed by atoms with Gasteiger partial charge in [-0.05, 0) is 40.2 Å². The van der Waals surface area contributed by atoms with E-state index in [0.717, 1.165) is 19.6 Å². The molecule has 1 aliphatic rings. The lowest BCUT2D eigenvalue weighted by Gasteiger charge is -2.30. The van der Waals surface area contributed by atoms with Crippen LogP contribution in [0.2, 0.25) is 0 Å². The van der Waals surface area contributed by atoms with Gasteiger partial charge in [0.15, 0.2) is 0 Å². The van der Waals surface area contributed by atoms with E-state index in [2.05, 4.69) is 19.2 Å². The monoisotopic (exact) mass is 201 g/mol. The minimum Gasteiger partial charge on any atom is -0.377 e. The van der Waals surface area contributed by atoms with Gasteiger partial charge in [-0.3, -0.25) is 0 Å². The molecule has 2 unspecified atom stereocenters. The molecule has 0 aromatic heterocycles. The maximum absolute atomic E-state index is 5.72. The maximum atomic E-state index is 5.72. The van der Waals surface area contributed by atoms with Crippen LogP contribution in [-0.2, 0) is 9.47 Å². The first-order valence-corrected chi connectivity index (χ1v) is 5.64. The minimum absolute atomic E-state index is 0.300. The predicted molar refractivity (Wildman–Crippen MR) is 57.5 cm³/mol. The number of rotatable bonds is 5. The number of hydrogen-bond acceptors (Lipinski definition) is 3. The van der Waals surface area contributed by atoms with Crippen molar-refractivity contribution in [2.24, 2.45) is 0 Å². The summed E-state index contributed by atoms with van der Waals surface area (Å²) in [5, 5.41) is 3.28. The van der Waals surface area contributed by atoms with E-state index in [1.54, 1.807) is 0 Å². The van der Waals surface area contributed by atoms with Gasteiger partial charge in [-0.2, -0.15) is 0 Å². The summed E-state index contributed by atoms with van der Waals surface area (Å²) in [5.74, 6) is 0. The van der Waals surface area contributed by atoms with Crippen LogP contribution in [0.3, 0.4) is 0 Å². The molecule has 1 heterocycles. The van der Waals surface area contributed by atoms with E-state index in [9.17, 15) is 0 Å². The zero-order valence-corrected chi connectivity index (χ0v) is 9.58. The van der Waals surface area contributed by atoms with Crippen molar-refractivity contribution in [1.29, 1.82) is 0 Å². The fourth-order valence-electron chi connectivity index (χ4n) is 1.76. The molecule has 14 heavy (non-hydrogen) atoms. The molecule has 1 aliphatic heterocycles. The Morgan fingerprint density at radius 1 is 1.43 bits per heavy atom.